The van der Waals surface area contributed by atoms with Gasteiger partial charge in [0.25, 0.3) is 0 Å². The molecular formula is C9H11N5O. The lowest BCUT2D eigenvalue weighted by molar-refractivity contribution is 0.133. The van der Waals surface area contributed by atoms with Gasteiger partial charge < -0.3 is 5.21 Å². The Morgan fingerprint density at radius 2 is 2.33 bits per heavy atom. The second kappa shape index (κ2) is 4.16. The van der Waals surface area contributed by atoms with E-state index in [1.807, 2.05) is 31.2 Å². The molecule has 0 bridgehead atoms. The Hall–Kier alpha value is -1.79. The van der Waals surface area contributed by atoms with Crippen LogP contribution in [-0.4, -0.2) is 25.4 Å². The summed E-state index contributed by atoms with van der Waals surface area (Å²) < 4.78 is 1.56. The van der Waals surface area contributed by atoms with Crippen LogP contribution >= 0.6 is 0 Å². The fourth-order valence-corrected chi connectivity index (χ4v) is 1.29. The SMILES string of the molecule is CC(NO)c1cccc(-n2cnnn2)c1. The zero-order valence-corrected chi connectivity index (χ0v) is 8.20. The summed E-state index contributed by atoms with van der Waals surface area (Å²) in [5, 5.41) is 19.7. The number of benzene rings is 1. The topological polar surface area (TPSA) is 75.9 Å². The van der Waals surface area contributed by atoms with Crippen molar-refractivity contribution in [3.63, 3.8) is 0 Å². The number of hydrogen-bond acceptors (Lipinski definition) is 5. The van der Waals surface area contributed by atoms with E-state index in [9.17, 15) is 0 Å². The van der Waals surface area contributed by atoms with Gasteiger partial charge in [0.15, 0.2) is 0 Å². The van der Waals surface area contributed by atoms with Crippen LogP contribution in [0.3, 0.4) is 0 Å². The van der Waals surface area contributed by atoms with E-state index < -0.39 is 0 Å². The minimum absolute atomic E-state index is 0.124. The van der Waals surface area contributed by atoms with Gasteiger partial charge in [0.05, 0.1) is 11.7 Å². The molecule has 2 rings (SSSR count). The summed E-state index contributed by atoms with van der Waals surface area (Å²) in [6.45, 7) is 1.86. The molecular weight excluding hydrogens is 194 g/mol. The molecule has 0 spiro atoms. The van der Waals surface area contributed by atoms with Crippen molar-refractivity contribution < 1.29 is 5.21 Å². The number of tetrazole rings is 1. The van der Waals surface area contributed by atoms with Gasteiger partial charge in [-0.3, -0.25) is 0 Å². The highest BCUT2D eigenvalue weighted by Crippen LogP contribution is 2.15. The monoisotopic (exact) mass is 205 g/mol. The quantitative estimate of drug-likeness (QED) is 0.721. The van der Waals surface area contributed by atoms with Gasteiger partial charge in [0.1, 0.15) is 6.33 Å². The maximum atomic E-state index is 8.81. The maximum absolute atomic E-state index is 8.81. The summed E-state index contributed by atoms with van der Waals surface area (Å²) in [6, 6.07) is 7.48. The fraction of sp³-hybridized carbons (Fsp3) is 0.222. The Morgan fingerprint density at radius 1 is 1.47 bits per heavy atom. The van der Waals surface area contributed by atoms with Crippen molar-refractivity contribution in [2.45, 2.75) is 13.0 Å². The van der Waals surface area contributed by atoms with Crippen LogP contribution in [0.4, 0.5) is 0 Å². The average Bonchev–Trinajstić information content (AvgIpc) is 2.82. The third-order valence-corrected chi connectivity index (χ3v) is 2.18. The minimum atomic E-state index is -0.124. The number of aromatic nitrogens is 4. The highest BCUT2D eigenvalue weighted by Gasteiger charge is 2.05. The summed E-state index contributed by atoms with van der Waals surface area (Å²) in [6.07, 6.45) is 1.52. The standard InChI is InChI=1S/C9H11N5O/c1-7(11-15)8-3-2-4-9(5-8)14-6-10-12-13-14/h2-7,11,15H,1H3. The second-order valence-corrected chi connectivity index (χ2v) is 3.20. The Labute approximate surface area is 86.5 Å². The van der Waals surface area contributed by atoms with Crippen molar-refractivity contribution in [2.75, 3.05) is 0 Å². The molecule has 2 N–H and O–H groups in total. The lowest BCUT2D eigenvalue weighted by Crippen LogP contribution is -2.13. The molecule has 6 nitrogen and oxygen atoms in total. The number of rotatable bonds is 3. The van der Waals surface area contributed by atoms with Crippen molar-refractivity contribution in [1.29, 1.82) is 0 Å². The highest BCUT2D eigenvalue weighted by molar-refractivity contribution is 5.35. The Kier molecular flexibility index (Phi) is 2.70. The molecule has 0 radical (unpaired) electrons. The van der Waals surface area contributed by atoms with E-state index in [0.29, 0.717) is 0 Å². The smallest absolute Gasteiger partial charge is 0.143 e. The zero-order valence-electron chi connectivity index (χ0n) is 8.20. The van der Waals surface area contributed by atoms with Crippen molar-refractivity contribution in [3.05, 3.63) is 36.2 Å². The van der Waals surface area contributed by atoms with Gasteiger partial charge in [-0.15, -0.1) is 5.10 Å². The lowest BCUT2D eigenvalue weighted by Gasteiger charge is -2.10. The van der Waals surface area contributed by atoms with Crippen LogP contribution in [0.1, 0.15) is 18.5 Å². The molecule has 2 aromatic rings. The van der Waals surface area contributed by atoms with Crippen molar-refractivity contribution in [1.82, 2.24) is 25.7 Å². The van der Waals surface area contributed by atoms with Crippen LogP contribution in [0.25, 0.3) is 5.69 Å². The van der Waals surface area contributed by atoms with Crippen LogP contribution in [-0.2, 0) is 0 Å². The largest absolute Gasteiger partial charge is 0.316 e. The van der Waals surface area contributed by atoms with E-state index in [-0.39, 0.29) is 6.04 Å². The molecule has 78 valence electrons. The lowest BCUT2D eigenvalue weighted by atomic mass is 10.1. The molecule has 0 aliphatic rings. The molecule has 6 heteroatoms. The third kappa shape index (κ3) is 2.00. The van der Waals surface area contributed by atoms with Gasteiger partial charge in [-0.1, -0.05) is 12.1 Å². The molecule has 0 aliphatic heterocycles. The minimum Gasteiger partial charge on any atom is -0.316 e. The highest BCUT2D eigenvalue weighted by atomic mass is 16.5. The van der Waals surface area contributed by atoms with E-state index in [0.717, 1.165) is 11.3 Å². The summed E-state index contributed by atoms with van der Waals surface area (Å²) in [5.74, 6) is 0. The molecule has 1 atom stereocenters. The Bertz CT molecular complexity index is 428. The zero-order chi connectivity index (χ0) is 10.7. The van der Waals surface area contributed by atoms with Gasteiger partial charge in [-0.05, 0) is 35.0 Å². The van der Waals surface area contributed by atoms with E-state index in [4.69, 9.17) is 5.21 Å². The number of nitrogens with zero attached hydrogens (tertiary/aromatic N) is 4. The molecule has 1 aromatic heterocycles. The molecule has 0 amide bonds. The number of hydrogen-bond donors (Lipinski definition) is 2. The van der Waals surface area contributed by atoms with E-state index in [1.54, 1.807) is 4.68 Å². The predicted octanol–water partition coefficient (Wildman–Crippen LogP) is 0.702. The first kappa shape index (κ1) is 9.75. The molecule has 1 aromatic carbocycles. The first-order chi connectivity index (χ1) is 7.31. The average molecular weight is 205 g/mol. The number of nitrogens with one attached hydrogen (secondary N) is 1. The van der Waals surface area contributed by atoms with Crippen molar-refractivity contribution >= 4 is 0 Å². The van der Waals surface area contributed by atoms with Gasteiger partial charge in [-0.2, -0.15) is 5.48 Å². The van der Waals surface area contributed by atoms with E-state index in [2.05, 4.69) is 21.0 Å². The Balaban J connectivity index is 2.35. The maximum Gasteiger partial charge on any atom is 0.143 e. The van der Waals surface area contributed by atoms with Crippen LogP contribution in [0, 0.1) is 0 Å². The van der Waals surface area contributed by atoms with Gasteiger partial charge in [0, 0.05) is 0 Å². The van der Waals surface area contributed by atoms with Crippen LogP contribution < -0.4 is 5.48 Å². The first-order valence-corrected chi connectivity index (χ1v) is 4.54. The second-order valence-electron chi connectivity index (χ2n) is 3.20. The molecule has 0 saturated heterocycles. The molecule has 15 heavy (non-hydrogen) atoms. The van der Waals surface area contributed by atoms with Crippen molar-refractivity contribution in [2.24, 2.45) is 0 Å². The predicted molar refractivity (Wildman–Crippen MR) is 52.5 cm³/mol. The normalized spacial score (nSPS) is 12.7. The molecule has 0 fully saturated rings. The van der Waals surface area contributed by atoms with Crippen LogP contribution in [0.5, 0.6) is 0 Å². The third-order valence-electron chi connectivity index (χ3n) is 2.18. The fourth-order valence-electron chi connectivity index (χ4n) is 1.29. The molecule has 0 saturated carbocycles. The van der Waals surface area contributed by atoms with E-state index >= 15 is 0 Å². The summed E-state index contributed by atoms with van der Waals surface area (Å²) in [5.41, 5.74) is 4.02. The Morgan fingerprint density at radius 3 is 3.00 bits per heavy atom. The summed E-state index contributed by atoms with van der Waals surface area (Å²) in [7, 11) is 0. The molecule has 1 unspecified atom stereocenters. The summed E-state index contributed by atoms with van der Waals surface area (Å²) >= 11 is 0. The summed E-state index contributed by atoms with van der Waals surface area (Å²) in [4.78, 5) is 0. The number of hydroxylamine groups is 1. The van der Waals surface area contributed by atoms with Gasteiger partial charge >= 0.3 is 0 Å². The van der Waals surface area contributed by atoms with Crippen molar-refractivity contribution in [3.8, 4) is 5.69 Å². The van der Waals surface area contributed by atoms with Gasteiger partial charge in [-0.25, -0.2) is 4.68 Å². The first-order valence-electron chi connectivity index (χ1n) is 4.54. The van der Waals surface area contributed by atoms with E-state index in [1.165, 1.54) is 6.33 Å². The van der Waals surface area contributed by atoms with Gasteiger partial charge in [0.2, 0.25) is 0 Å². The van der Waals surface area contributed by atoms with Crippen LogP contribution in [0.2, 0.25) is 0 Å². The van der Waals surface area contributed by atoms with Crippen LogP contribution in [0.15, 0.2) is 30.6 Å². The molecule has 0 aliphatic carbocycles. The molecule has 1 heterocycles.